The molecule has 6 heteroatoms. The predicted octanol–water partition coefficient (Wildman–Crippen LogP) is 2.62. The lowest BCUT2D eigenvalue weighted by Crippen LogP contribution is -2.05. The number of hydrogen-bond donors (Lipinski definition) is 1. The van der Waals surface area contributed by atoms with Gasteiger partial charge in [0, 0.05) is 24.2 Å². The molecule has 0 aliphatic carbocycles. The van der Waals surface area contributed by atoms with E-state index in [9.17, 15) is 0 Å². The Morgan fingerprint density at radius 2 is 2.24 bits per heavy atom. The standard InChI is InChI=1S/C11H12BrClN4/c1-14-6-8-4-3-7(5-9(8)13)10-11(12)15-16-17(10)2/h3-5,14H,6H2,1-2H3. The quantitative estimate of drug-likeness (QED) is 0.947. The van der Waals surface area contributed by atoms with Crippen LogP contribution >= 0.6 is 27.5 Å². The summed E-state index contributed by atoms with van der Waals surface area (Å²) in [5.74, 6) is 0. The molecule has 1 N–H and O–H groups in total. The first kappa shape index (κ1) is 12.5. The zero-order valence-corrected chi connectivity index (χ0v) is 11.9. The van der Waals surface area contributed by atoms with Gasteiger partial charge in [-0.05, 0) is 34.6 Å². The third kappa shape index (κ3) is 2.51. The van der Waals surface area contributed by atoms with Gasteiger partial charge in [0.15, 0.2) is 4.60 Å². The molecule has 0 bridgehead atoms. The van der Waals surface area contributed by atoms with Crippen LogP contribution in [0.15, 0.2) is 22.8 Å². The van der Waals surface area contributed by atoms with E-state index in [1.807, 2.05) is 32.3 Å². The normalized spacial score (nSPS) is 10.8. The Morgan fingerprint density at radius 3 is 2.76 bits per heavy atom. The second-order valence-electron chi connectivity index (χ2n) is 3.69. The highest BCUT2D eigenvalue weighted by atomic mass is 79.9. The average molecular weight is 316 g/mol. The Kier molecular flexibility index (Phi) is 3.81. The second kappa shape index (κ2) is 5.16. The van der Waals surface area contributed by atoms with Gasteiger partial charge in [0.25, 0.3) is 0 Å². The van der Waals surface area contributed by atoms with Crippen LogP contribution in [0.3, 0.4) is 0 Å². The van der Waals surface area contributed by atoms with E-state index in [-0.39, 0.29) is 0 Å². The molecule has 2 rings (SSSR count). The van der Waals surface area contributed by atoms with Gasteiger partial charge in [-0.3, -0.25) is 0 Å². The highest BCUT2D eigenvalue weighted by molar-refractivity contribution is 9.10. The fraction of sp³-hybridized carbons (Fsp3) is 0.273. The summed E-state index contributed by atoms with van der Waals surface area (Å²) in [6, 6.07) is 5.95. The minimum absolute atomic E-state index is 0.720. The lowest BCUT2D eigenvalue weighted by Gasteiger charge is -2.07. The third-order valence-electron chi connectivity index (χ3n) is 2.48. The van der Waals surface area contributed by atoms with Crippen molar-refractivity contribution in [3.8, 4) is 11.3 Å². The monoisotopic (exact) mass is 314 g/mol. The molecule has 4 nitrogen and oxygen atoms in total. The molecule has 0 amide bonds. The number of benzene rings is 1. The maximum atomic E-state index is 6.22. The number of hydrogen-bond acceptors (Lipinski definition) is 3. The SMILES string of the molecule is CNCc1ccc(-c2c(Br)nnn2C)cc1Cl. The molecular weight excluding hydrogens is 304 g/mol. The fourth-order valence-electron chi connectivity index (χ4n) is 1.67. The van der Waals surface area contributed by atoms with Gasteiger partial charge in [-0.1, -0.05) is 28.9 Å². The third-order valence-corrected chi connectivity index (χ3v) is 3.37. The molecule has 0 aliphatic rings. The first-order valence-corrected chi connectivity index (χ1v) is 6.29. The Bertz CT molecular complexity index is 519. The molecule has 0 atom stereocenters. The van der Waals surface area contributed by atoms with Crippen LogP contribution in [0.2, 0.25) is 5.02 Å². The van der Waals surface area contributed by atoms with Gasteiger partial charge in [0.1, 0.15) is 5.69 Å². The van der Waals surface area contributed by atoms with Crippen LogP contribution in [-0.4, -0.2) is 22.0 Å². The van der Waals surface area contributed by atoms with E-state index in [0.29, 0.717) is 0 Å². The van der Waals surface area contributed by atoms with E-state index < -0.39 is 0 Å². The number of aryl methyl sites for hydroxylation is 1. The molecule has 0 saturated carbocycles. The first-order chi connectivity index (χ1) is 8.13. The van der Waals surface area contributed by atoms with Crippen molar-refractivity contribution in [2.75, 3.05) is 7.05 Å². The molecule has 1 heterocycles. The molecule has 0 saturated heterocycles. The van der Waals surface area contributed by atoms with E-state index in [2.05, 4.69) is 31.6 Å². The molecule has 0 aliphatic heterocycles. The van der Waals surface area contributed by atoms with Gasteiger partial charge >= 0.3 is 0 Å². The van der Waals surface area contributed by atoms with Gasteiger partial charge in [0.05, 0.1) is 0 Å². The van der Waals surface area contributed by atoms with Gasteiger partial charge < -0.3 is 5.32 Å². The zero-order chi connectivity index (χ0) is 12.4. The van der Waals surface area contributed by atoms with Gasteiger partial charge in [0.2, 0.25) is 0 Å². The van der Waals surface area contributed by atoms with Crippen molar-refractivity contribution in [3.05, 3.63) is 33.4 Å². The van der Waals surface area contributed by atoms with Gasteiger partial charge in [-0.2, -0.15) is 0 Å². The molecule has 17 heavy (non-hydrogen) atoms. The second-order valence-corrected chi connectivity index (χ2v) is 4.85. The lowest BCUT2D eigenvalue weighted by atomic mass is 10.1. The number of nitrogens with zero attached hydrogens (tertiary/aromatic N) is 3. The van der Waals surface area contributed by atoms with Crippen molar-refractivity contribution in [3.63, 3.8) is 0 Å². The Labute approximate surface area is 113 Å². The van der Waals surface area contributed by atoms with Crippen molar-refractivity contribution >= 4 is 27.5 Å². The Hall–Kier alpha value is -0.910. The van der Waals surface area contributed by atoms with Crippen LogP contribution < -0.4 is 5.32 Å². The molecule has 0 radical (unpaired) electrons. The van der Waals surface area contributed by atoms with Crippen molar-refractivity contribution in [1.29, 1.82) is 0 Å². The molecule has 1 aromatic carbocycles. The molecule has 1 aromatic heterocycles. The average Bonchev–Trinajstić information content (AvgIpc) is 2.62. The molecular formula is C11H12BrClN4. The molecule has 2 aromatic rings. The summed E-state index contributed by atoms with van der Waals surface area (Å²) < 4.78 is 2.44. The van der Waals surface area contributed by atoms with E-state index in [1.165, 1.54) is 0 Å². The predicted molar refractivity (Wildman–Crippen MR) is 71.9 cm³/mol. The topological polar surface area (TPSA) is 42.7 Å². The van der Waals surface area contributed by atoms with Crippen molar-refractivity contribution in [2.24, 2.45) is 7.05 Å². The number of aromatic nitrogens is 3. The highest BCUT2D eigenvalue weighted by Crippen LogP contribution is 2.29. The Morgan fingerprint density at radius 1 is 1.47 bits per heavy atom. The smallest absolute Gasteiger partial charge is 0.156 e. The van der Waals surface area contributed by atoms with Crippen molar-refractivity contribution in [2.45, 2.75) is 6.54 Å². The first-order valence-electron chi connectivity index (χ1n) is 5.12. The summed E-state index contributed by atoms with van der Waals surface area (Å²) in [4.78, 5) is 0. The lowest BCUT2D eigenvalue weighted by molar-refractivity contribution is 0.720. The van der Waals surface area contributed by atoms with Gasteiger partial charge in [-0.15, -0.1) is 5.10 Å². The number of rotatable bonds is 3. The summed E-state index contributed by atoms with van der Waals surface area (Å²) in [5.41, 5.74) is 2.99. The van der Waals surface area contributed by atoms with Crippen LogP contribution in [-0.2, 0) is 13.6 Å². The summed E-state index contributed by atoms with van der Waals surface area (Å²) in [6.45, 7) is 0.754. The maximum Gasteiger partial charge on any atom is 0.156 e. The molecule has 0 unspecified atom stereocenters. The minimum Gasteiger partial charge on any atom is -0.316 e. The molecule has 0 fully saturated rings. The summed E-state index contributed by atoms with van der Waals surface area (Å²) in [5, 5.41) is 11.7. The number of halogens is 2. The van der Waals surface area contributed by atoms with E-state index in [1.54, 1.807) is 4.68 Å². The van der Waals surface area contributed by atoms with Crippen LogP contribution in [0.5, 0.6) is 0 Å². The van der Waals surface area contributed by atoms with Crippen LogP contribution in [0.4, 0.5) is 0 Å². The van der Waals surface area contributed by atoms with E-state index in [4.69, 9.17) is 11.6 Å². The van der Waals surface area contributed by atoms with E-state index in [0.717, 1.165) is 33.0 Å². The van der Waals surface area contributed by atoms with Crippen molar-refractivity contribution in [1.82, 2.24) is 20.3 Å². The van der Waals surface area contributed by atoms with E-state index >= 15 is 0 Å². The minimum atomic E-state index is 0.720. The van der Waals surface area contributed by atoms with Crippen LogP contribution in [0.1, 0.15) is 5.56 Å². The fourth-order valence-corrected chi connectivity index (χ4v) is 2.47. The van der Waals surface area contributed by atoms with Crippen LogP contribution in [0, 0.1) is 0 Å². The number of nitrogens with one attached hydrogen (secondary N) is 1. The van der Waals surface area contributed by atoms with Gasteiger partial charge in [-0.25, -0.2) is 4.68 Å². The maximum absolute atomic E-state index is 6.22. The largest absolute Gasteiger partial charge is 0.316 e. The summed E-state index contributed by atoms with van der Waals surface area (Å²) >= 11 is 9.60. The highest BCUT2D eigenvalue weighted by Gasteiger charge is 2.11. The zero-order valence-electron chi connectivity index (χ0n) is 9.54. The summed E-state index contributed by atoms with van der Waals surface area (Å²) in [7, 11) is 3.74. The van der Waals surface area contributed by atoms with Crippen molar-refractivity contribution < 1.29 is 0 Å². The molecule has 0 spiro atoms. The summed E-state index contributed by atoms with van der Waals surface area (Å²) in [6.07, 6.45) is 0. The van der Waals surface area contributed by atoms with Crippen LogP contribution in [0.25, 0.3) is 11.3 Å². The Balaban J connectivity index is 2.45. The molecule has 90 valence electrons.